The number of carbonyl (C=O) groups is 4. The maximum absolute atomic E-state index is 13.6. The smallest absolute Gasteiger partial charge is 0.330 e. The monoisotopic (exact) mass is 700 g/mol. The third-order valence-corrected chi connectivity index (χ3v) is 6.97. The van der Waals surface area contributed by atoms with Crippen molar-refractivity contribution in [3.8, 4) is 17.5 Å². The maximum Gasteiger partial charge on any atom is 0.330 e. The molecule has 18 heteroatoms. The molecule has 2 aliphatic rings. The van der Waals surface area contributed by atoms with Crippen LogP contribution < -0.4 is 41.2 Å². The first-order valence-electron chi connectivity index (χ1n) is 15.6. The van der Waals surface area contributed by atoms with Crippen molar-refractivity contribution in [2.24, 2.45) is 5.73 Å². The van der Waals surface area contributed by atoms with Crippen LogP contribution in [0.15, 0.2) is 42.5 Å². The van der Waals surface area contributed by atoms with Crippen molar-refractivity contribution in [3.05, 3.63) is 53.6 Å². The van der Waals surface area contributed by atoms with Gasteiger partial charge in [0.15, 0.2) is 6.61 Å². The van der Waals surface area contributed by atoms with Crippen LogP contribution in [0.4, 0.5) is 26.4 Å². The van der Waals surface area contributed by atoms with Crippen molar-refractivity contribution in [1.29, 1.82) is 0 Å². The van der Waals surface area contributed by atoms with E-state index in [0.717, 1.165) is 31.9 Å². The van der Waals surface area contributed by atoms with Crippen LogP contribution in [-0.4, -0.2) is 84.1 Å². The average Bonchev–Trinajstić information content (AvgIpc) is 3.08. The predicted octanol–water partition coefficient (Wildman–Crippen LogP) is 2.47. The van der Waals surface area contributed by atoms with Gasteiger partial charge in [-0.15, -0.1) is 0 Å². The lowest BCUT2D eigenvalue weighted by molar-refractivity contribution is -0.143. The number of nitrogens with two attached hydrogens (primary N) is 1. The van der Waals surface area contributed by atoms with E-state index in [9.17, 15) is 28.0 Å². The Morgan fingerprint density at radius 1 is 0.980 bits per heavy atom. The first-order chi connectivity index (χ1) is 23.9. The van der Waals surface area contributed by atoms with Gasteiger partial charge in [0.25, 0.3) is 11.8 Å². The van der Waals surface area contributed by atoms with Crippen LogP contribution in [0.5, 0.6) is 17.5 Å². The number of hydrogen-bond acceptors (Lipinski definition) is 13. The van der Waals surface area contributed by atoms with Gasteiger partial charge in [-0.3, -0.25) is 14.4 Å². The molecule has 3 aromatic rings. The van der Waals surface area contributed by atoms with Gasteiger partial charge in [0.2, 0.25) is 11.9 Å². The summed E-state index contributed by atoms with van der Waals surface area (Å²) in [6.45, 7) is 0.278. The summed E-state index contributed by atoms with van der Waals surface area (Å²) in [7, 11) is 1.09. The zero-order chi connectivity index (χ0) is 36.1. The number of ether oxygens (including phenoxy) is 4. The number of anilines is 3. The molecule has 0 unspecified atom stereocenters. The van der Waals surface area contributed by atoms with Gasteiger partial charge in [0.1, 0.15) is 17.5 Å². The fourth-order valence-electron chi connectivity index (χ4n) is 4.45. The number of benzene rings is 2. The lowest BCUT2D eigenvalue weighted by atomic mass is 10.1. The summed E-state index contributed by atoms with van der Waals surface area (Å²) in [6, 6.07) is 10.1. The Morgan fingerprint density at radius 2 is 1.68 bits per heavy atom. The van der Waals surface area contributed by atoms with E-state index in [0.29, 0.717) is 31.4 Å². The molecule has 0 spiro atoms. The maximum atomic E-state index is 13.6. The van der Waals surface area contributed by atoms with E-state index in [-0.39, 0.29) is 42.4 Å². The number of nitrogens with one attached hydrogen (secondary N) is 4. The lowest BCUT2D eigenvalue weighted by Crippen LogP contribution is -2.50. The second kappa shape index (κ2) is 17.5. The van der Waals surface area contributed by atoms with E-state index >= 15 is 0 Å². The van der Waals surface area contributed by atoms with Crippen molar-refractivity contribution in [2.45, 2.75) is 51.1 Å². The number of carbonyl (C=O) groups excluding carboxylic acids is 4. The quantitative estimate of drug-likeness (QED) is 0.169. The minimum absolute atomic E-state index is 0.0224. The van der Waals surface area contributed by atoms with Gasteiger partial charge in [0, 0.05) is 31.8 Å². The number of fused-ring (bicyclic) bond motifs is 10. The summed E-state index contributed by atoms with van der Waals surface area (Å²) in [6.07, 6.45) is 3.13. The zero-order valence-corrected chi connectivity index (χ0v) is 27.4. The van der Waals surface area contributed by atoms with Crippen molar-refractivity contribution in [3.63, 3.8) is 0 Å². The highest BCUT2D eigenvalue weighted by atomic mass is 19.3. The molecule has 3 heterocycles. The van der Waals surface area contributed by atoms with E-state index in [1.165, 1.54) is 18.2 Å². The average molecular weight is 701 g/mol. The van der Waals surface area contributed by atoms with E-state index in [2.05, 4.69) is 36.2 Å². The van der Waals surface area contributed by atoms with E-state index in [4.69, 9.17) is 24.7 Å². The Labute approximate surface area is 285 Å². The molecule has 0 saturated carbocycles. The number of amides is 3. The molecule has 2 aliphatic heterocycles. The molecule has 0 radical (unpaired) electrons. The minimum atomic E-state index is -3.15. The first-order valence-corrected chi connectivity index (χ1v) is 15.6. The van der Waals surface area contributed by atoms with Crippen molar-refractivity contribution in [1.82, 2.24) is 25.6 Å². The van der Waals surface area contributed by atoms with Gasteiger partial charge in [-0.1, -0.05) is 12.1 Å². The number of halogens is 2. The van der Waals surface area contributed by atoms with Crippen molar-refractivity contribution >= 4 is 41.3 Å². The molecule has 0 fully saturated rings. The molecular weight excluding hydrogens is 662 g/mol. The molecule has 0 aliphatic carbocycles. The molecule has 268 valence electrons. The third-order valence-electron chi connectivity index (χ3n) is 6.97. The van der Waals surface area contributed by atoms with Gasteiger partial charge in [-0.05, 0) is 55.5 Å². The van der Waals surface area contributed by atoms with Gasteiger partial charge in [-0.25, -0.2) is 13.6 Å². The Morgan fingerprint density at radius 3 is 2.36 bits per heavy atom. The Kier molecular flexibility index (Phi) is 13.0. The van der Waals surface area contributed by atoms with Crippen molar-refractivity contribution < 1.29 is 46.9 Å². The lowest BCUT2D eigenvalue weighted by Gasteiger charge is -2.19. The standard InChI is InChI=1S/C32H38F2N8O8/c1-32(33,34)18-50-31-41-29-37-16-19-7-10-21(11-8-19)48-13-5-3-4-6-14-49-24-15-20(38-30(40-29)42-31)9-12-22(24)26(44)39-23(28(46)47-2)17-36-27(45)25(35)43/h7-12,15,23H,3-6,13-14,16-18H2,1-2H3,(H2,35,43)(H,36,45)(H,39,44)(H2,37,38,40,41,42)/t23-/m0/s1. The largest absolute Gasteiger partial charge is 0.494 e. The SMILES string of the molecule is COC(=O)[C@H](CNC(=O)C(N)=O)NC(=O)c1ccc2cc1OCCCCCCOc1ccc(cc1)CNc1nc(nc(OCC(C)(F)F)n1)N2. The molecule has 16 nitrogen and oxygen atoms in total. The Balaban J connectivity index is 1.63. The number of hydrogen-bond donors (Lipinski definition) is 5. The Hall–Kier alpha value is -5.81. The van der Waals surface area contributed by atoms with Crippen molar-refractivity contribution in [2.75, 3.05) is 44.1 Å². The number of rotatable bonds is 8. The number of aromatic nitrogens is 3. The van der Waals surface area contributed by atoms with Gasteiger partial charge < -0.3 is 45.9 Å². The van der Waals surface area contributed by atoms with E-state index in [1.807, 2.05) is 24.3 Å². The third kappa shape index (κ3) is 11.7. The summed E-state index contributed by atoms with van der Waals surface area (Å²) < 4.78 is 48.9. The van der Waals surface area contributed by atoms with Crippen LogP contribution in [0.2, 0.25) is 0 Å². The molecule has 2 aromatic carbocycles. The molecule has 3 amide bonds. The highest BCUT2D eigenvalue weighted by Gasteiger charge is 2.26. The number of nitrogens with zero attached hydrogens (tertiary/aromatic N) is 3. The normalized spacial score (nSPS) is 14.2. The number of primary amides is 1. The van der Waals surface area contributed by atoms with E-state index in [1.54, 1.807) is 0 Å². The van der Waals surface area contributed by atoms with Gasteiger partial charge >= 0.3 is 23.8 Å². The van der Waals surface area contributed by atoms with Crippen LogP contribution >= 0.6 is 0 Å². The second-order valence-electron chi connectivity index (χ2n) is 11.2. The van der Waals surface area contributed by atoms with Gasteiger partial charge in [0.05, 0.1) is 25.9 Å². The summed E-state index contributed by atoms with van der Waals surface area (Å²) in [5.41, 5.74) is 6.20. The number of esters is 1. The molecule has 6 bridgehead atoms. The summed E-state index contributed by atoms with van der Waals surface area (Å²) in [4.78, 5) is 61.1. The summed E-state index contributed by atoms with van der Waals surface area (Å²) in [5.74, 6) is -6.43. The fraction of sp³-hybridized carbons (Fsp3) is 0.406. The van der Waals surface area contributed by atoms with Crippen LogP contribution in [0.1, 0.15) is 48.5 Å². The van der Waals surface area contributed by atoms with Gasteiger partial charge in [-0.2, -0.15) is 15.0 Å². The minimum Gasteiger partial charge on any atom is -0.494 e. The summed E-state index contributed by atoms with van der Waals surface area (Å²) in [5, 5.41) is 10.6. The molecular formula is C32H38F2N8O8. The highest BCUT2D eigenvalue weighted by molar-refractivity contribution is 6.34. The molecule has 50 heavy (non-hydrogen) atoms. The second-order valence-corrected chi connectivity index (χ2v) is 11.2. The molecule has 1 atom stereocenters. The van der Waals surface area contributed by atoms with Crippen LogP contribution in [-0.2, 0) is 25.7 Å². The predicted molar refractivity (Wildman–Crippen MR) is 174 cm³/mol. The number of methoxy groups -OCH3 is 1. The molecule has 6 N–H and O–H groups in total. The summed E-state index contributed by atoms with van der Waals surface area (Å²) >= 11 is 0. The van der Waals surface area contributed by atoms with Crippen LogP contribution in [0, 0.1) is 0 Å². The molecule has 0 saturated heterocycles. The molecule has 5 rings (SSSR count). The zero-order valence-electron chi connectivity index (χ0n) is 27.4. The van der Waals surface area contributed by atoms with Crippen LogP contribution in [0.3, 0.4) is 0 Å². The van der Waals surface area contributed by atoms with E-state index < -0.39 is 48.8 Å². The number of alkyl halides is 2. The highest BCUT2D eigenvalue weighted by Crippen LogP contribution is 2.27. The first kappa shape index (κ1) is 37.0. The van der Waals surface area contributed by atoms with Crippen LogP contribution in [0.25, 0.3) is 0 Å². The Bertz CT molecular complexity index is 1660. The topological polar surface area (TPSA) is 218 Å². The molecule has 1 aromatic heterocycles. The fourth-order valence-corrected chi connectivity index (χ4v) is 4.45.